The highest BCUT2D eigenvalue weighted by molar-refractivity contribution is 5.71. The quantitative estimate of drug-likeness (QED) is 0.311. The van der Waals surface area contributed by atoms with Gasteiger partial charge in [0.25, 0.3) is 0 Å². The predicted molar refractivity (Wildman–Crippen MR) is 149 cm³/mol. The molecule has 5 heteroatoms. The summed E-state index contributed by atoms with van der Waals surface area (Å²) in [4.78, 5) is 4.64. The van der Waals surface area contributed by atoms with Crippen LogP contribution in [-0.4, -0.2) is 21.6 Å². The Morgan fingerprint density at radius 1 is 0.778 bits per heavy atom. The zero-order chi connectivity index (χ0) is 25.4. The van der Waals surface area contributed by atoms with Gasteiger partial charge in [-0.3, -0.25) is 0 Å². The van der Waals surface area contributed by atoms with Crippen molar-refractivity contribution in [1.29, 1.82) is 0 Å². The lowest BCUT2D eigenvalue weighted by atomic mass is 9.92. The number of benzene rings is 3. The predicted octanol–water partition coefficient (Wildman–Crippen LogP) is 7.56. The maximum atomic E-state index is 10.3. The van der Waals surface area contributed by atoms with Gasteiger partial charge in [-0.05, 0) is 60.2 Å². The summed E-state index contributed by atoms with van der Waals surface area (Å²) >= 11 is 0. The molecule has 0 fully saturated rings. The lowest BCUT2D eigenvalue weighted by Crippen LogP contribution is -2.26. The molecule has 0 bridgehead atoms. The van der Waals surface area contributed by atoms with Crippen molar-refractivity contribution in [3.63, 3.8) is 0 Å². The number of aromatic nitrogens is 2. The molecule has 1 aliphatic heterocycles. The summed E-state index contributed by atoms with van der Waals surface area (Å²) in [6, 6.07) is 24.5. The van der Waals surface area contributed by atoms with Crippen LogP contribution in [0.2, 0.25) is 0 Å². The normalized spacial score (nSPS) is 13.4. The number of aromatic hydroxyl groups is 1. The smallest absolute Gasteiger partial charge is 0.141 e. The van der Waals surface area contributed by atoms with Gasteiger partial charge in [0.05, 0.1) is 12.4 Å². The van der Waals surface area contributed by atoms with E-state index in [1.54, 1.807) is 10.7 Å². The third kappa shape index (κ3) is 4.37. The summed E-state index contributed by atoms with van der Waals surface area (Å²) in [5, 5.41) is 15.1. The molecular weight excluding hydrogens is 444 g/mol. The maximum absolute atomic E-state index is 10.3. The monoisotopic (exact) mass is 478 g/mol. The molecule has 5 nitrogen and oxygen atoms in total. The van der Waals surface area contributed by atoms with Crippen molar-refractivity contribution in [2.75, 3.05) is 16.5 Å². The Morgan fingerprint density at radius 2 is 1.44 bits per heavy atom. The van der Waals surface area contributed by atoms with Gasteiger partial charge in [-0.15, -0.1) is 0 Å². The lowest BCUT2D eigenvalue weighted by molar-refractivity contribution is 0.470. The molecule has 1 aromatic heterocycles. The second-order valence-corrected chi connectivity index (χ2v) is 10.1. The van der Waals surface area contributed by atoms with Crippen LogP contribution in [0.25, 0.3) is 16.9 Å². The fraction of sp³-hybridized carbons (Fsp3) is 0.258. The van der Waals surface area contributed by atoms with Crippen LogP contribution >= 0.6 is 0 Å². The van der Waals surface area contributed by atoms with Gasteiger partial charge in [-0.25, -0.2) is 4.68 Å². The van der Waals surface area contributed by atoms with Crippen molar-refractivity contribution in [1.82, 2.24) is 9.78 Å². The van der Waals surface area contributed by atoms with Crippen LogP contribution in [0, 0.1) is 6.92 Å². The Balaban J connectivity index is 1.44. The van der Waals surface area contributed by atoms with E-state index in [1.807, 2.05) is 25.1 Å². The number of hydrogen-bond acceptors (Lipinski definition) is 4. The van der Waals surface area contributed by atoms with Crippen molar-refractivity contribution >= 4 is 11.4 Å². The lowest BCUT2D eigenvalue weighted by Gasteiger charge is -2.28. The molecule has 0 saturated heterocycles. The highest BCUT2D eigenvalue weighted by Crippen LogP contribution is 2.38. The first-order valence-electron chi connectivity index (χ1n) is 12.6. The molecule has 0 unspecified atom stereocenters. The van der Waals surface area contributed by atoms with Crippen LogP contribution < -0.4 is 9.80 Å². The van der Waals surface area contributed by atoms with Gasteiger partial charge in [-0.2, -0.15) is 5.10 Å². The molecule has 1 aliphatic rings. The third-order valence-corrected chi connectivity index (χ3v) is 6.83. The second-order valence-electron chi connectivity index (χ2n) is 10.1. The number of hydrogen-bond donors (Lipinski definition) is 1. The van der Waals surface area contributed by atoms with Crippen molar-refractivity contribution in [2.24, 2.45) is 0 Å². The van der Waals surface area contributed by atoms with Crippen LogP contribution in [0.1, 0.15) is 56.4 Å². The summed E-state index contributed by atoms with van der Waals surface area (Å²) in [6.07, 6.45) is 4.35. The van der Waals surface area contributed by atoms with Crippen molar-refractivity contribution in [3.05, 3.63) is 102 Å². The summed E-state index contributed by atoms with van der Waals surface area (Å²) in [5.74, 6) is 1.12. The molecule has 0 saturated carbocycles. The number of phenolic OH excluding ortho intramolecular Hbond substituents is 1. The van der Waals surface area contributed by atoms with Gasteiger partial charge < -0.3 is 14.9 Å². The van der Waals surface area contributed by atoms with Gasteiger partial charge >= 0.3 is 0 Å². The van der Waals surface area contributed by atoms with E-state index in [0.29, 0.717) is 17.5 Å². The van der Waals surface area contributed by atoms with E-state index in [9.17, 15) is 5.11 Å². The van der Waals surface area contributed by atoms with E-state index in [1.165, 1.54) is 16.8 Å². The average molecular weight is 479 g/mol. The van der Waals surface area contributed by atoms with Gasteiger partial charge in [-0.1, -0.05) is 70.2 Å². The van der Waals surface area contributed by atoms with Crippen molar-refractivity contribution in [2.45, 2.75) is 46.5 Å². The second kappa shape index (κ2) is 9.57. The molecule has 2 heterocycles. The van der Waals surface area contributed by atoms with Crippen molar-refractivity contribution < 1.29 is 5.11 Å². The number of aryl methyl sites for hydroxylation is 1. The van der Waals surface area contributed by atoms with Gasteiger partial charge in [0.1, 0.15) is 11.4 Å². The van der Waals surface area contributed by atoms with E-state index in [2.05, 4.69) is 98.4 Å². The molecule has 36 heavy (non-hydrogen) atoms. The zero-order valence-electron chi connectivity index (χ0n) is 21.7. The first kappa shape index (κ1) is 23.7. The Hall–Kier alpha value is -3.99. The Labute approximate surface area is 213 Å². The minimum absolute atomic E-state index is 0.216. The van der Waals surface area contributed by atoms with Crippen LogP contribution in [0.5, 0.6) is 5.75 Å². The summed E-state index contributed by atoms with van der Waals surface area (Å²) in [6.45, 7) is 11.8. The topological polar surface area (TPSA) is 44.5 Å². The van der Waals surface area contributed by atoms with E-state index in [-0.39, 0.29) is 5.75 Å². The SMILES string of the molecule is Cc1cc(-c2cccc(N3C=CN(c4c(C(C)C)cccc4C(C)C)C3)c2)nn1-c1ccccc1O. The molecule has 4 aromatic rings. The fourth-order valence-electron chi connectivity index (χ4n) is 4.92. The third-order valence-electron chi connectivity index (χ3n) is 6.83. The molecule has 3 aromatic carbocycles. The van der Waals surface area contributed by atoms with Gasteiger partial charge in [0.2, 0.25) is 0 Å². The first-order valence-corrected chi connectivity index (χ1v) is 12.6. The van der Waals surface area contributed by atoms with E-state index in [4.69, 9.17) is 5.10 Å². The standard InChI is InChI=1S/C31H34N4O/c1-21(2)26-12-9-13-27(22(3)4)31(26)34-17-16-33(20-34)25-11-8-10-24(19-25)28-18-23(5)35(32-28)29-14-6-7-15-30(29)36/h6-19,21-22,36H,20H2,1-5H3. The van der Waals surface area contributed by atoms with Crippen LogP contribution in [0.4, 0.5) is 11.4 Å². The van der Waals surface area contributed by atoms with Crippen molar-refractivity contribution in [3.8, 4) is 22.7 Å². The Kier molecular flexibility index (Phi) is 6.31. The Morgan fingerprint density at radius 3 is 2.14 bits per heavy atom. The van der Waals surface area contributed by atoms with Crippen LogP contribution in [0.15, 0.2) is 85.2 Å². The number of rotatable bonds is 6. The minimum Gasteiger partial charge on any atom is -0.506 e. The number of anilines is 2. The molecular formula is C31H34N4O. The van der Waals surface area contributed by atoms with E-state index in [0.717, 1.165) is 29.3 Å². The molecule has 0 amide bonds. The summed E-state index contributed by atoms with van der Waals surface area (Å²) < 4.78 is 1.80. The Bertz CT molecular complexity index is 1390. The maximum Gasteiger partial charge on any atom is 0.141 e. The fourth-order valence-corrected chi connectivity index (χ4v) is 4.92. The van der Waals surface area contributed by atoms with E-state index < -0.39 is 0 Å². The molecule has 184 valence electrons. The molecule has 5 rings (SSSR count). The van der Waals surface area contributed by atoms with Gasteiger partial charge in [0.15, 0.2) is 0 Å². The van der Waals surface area contributed by atoms with Crippen LogP contribution in [-0.2, 0) is 0 Å². The molecule has 0 radical (unpaired) electrons. The molecule has 0 atom stereocenters. The van der Waals surface area contributed by atoms with Crippen LogP contribution in [0.3, 0.4) is 0 Å². The largest absolute Gasteiger partial charge is 0.506 e. The minimum atomic E-state index is 0.216. The van der Waals surface area contributed by atoms with Gasteiger partial charge in [0, 0.05) is 35.0 Å². The number of phenols is 1. The highest BCUT2D eigenvalue weighted by Gasteiger charge is 2.23. The molecule has 1 N–H and O–H groups in total. The molecule has 0 aliphatic carbocycles. The first-order chi connectivity index (χ1) is 17.3. The molecule has 0 spiro atoms. The summed E-state index contributed by atoms with van der Waals surface area (Å²) in [7, 11) is 0. The average Bonchev–Trinajstić information content (AvgIpc) is 3.51. The zero-order valence-corrected chi connectivity index (χ0v) is 21.7. The summed E-state index contributed by atoms with van der Waals surface area (Å²) in [5.41, 5.74) is 8.78. The number of para-hydroxylation sites is 3. The van der Waals surface area contributed by atoms with E-state index >= 15 is 0 Å². The number of nitrogens with zero attached hydrogens (tertiary/aromatic N) is 4. The highest BCUT2D eigenvalue weighted by atomic mass is 16.3.